The zero-order valence-corrected chi connectivity index (χ0v) is 17.6. The van der Waals surface area contributed by atoms with E-state index in [1.807, 2.05) is 91.0 Å². The van der Waals surface area contributed by atoms with Gasteiger partial charge >= 0.3 is 0 Å². The summed E-state index contributed by atoms with van der Waals surface area (Å²) in [6.45, 7) is 0.506. The number of hydrogen-bond donors (Lipinski definition) is 1. The first-order chi connectivity index (χ1) is 15.7. The maximum absolute atomic E-state index is 12.3. The minimum atomic E-state index is -0.178. The summed E-state index contributed by atoms with van der Waals surface area (Å²) >= 11 is 0. The highest BCUT2D eigenvalue weighted by Gasteiger charge is 2.01. The van der Waals surface area contributed by atoms with Gasteiger partial charge in [0, 0.05) is 24.2 Å². The van der Waals surface area contributed by atoms with Crippen LogP contribution in [-0.2, 0) is 17.8 Å². The molecule has 3 aromatic carbocycles. The van der Waals surface area contributed by atoms with Gasteiger partial charge in [-0.3, -0.25) is 9.78 Å². The molecule has 1 aromatic heterocycles. The van der Waals surface area contributed by atoms with Crippen molar-refractivity contribution < 1.29 is 9.53 Å². The Morgan fingerprint density at radius 3 is 2.34 bits per heavy atom. The fourth-order valence-corrected chi connectivity index (χ4v) is 3.25. The molecule has 4 aromatic rings. The van der Waals surface area contributed by atoms with Crippen LogP contribution in [0.25, 0.3) is 6.08 Å². The first-order valence-corrected chi connectivity index (χ1v) is 10.5. The zero-order valence-electron chi connectivity index (χ0n) is 17.6. The van der Waals surface area contributed by atoms with Crippen LogP contribution in [0, 0.1) is 0 Å². The topological polar surface area (TPSA) is 51.2 Å². The maximum Gasteiger partial charge on any atom is 0.248 e. The summed E-state index contributed by atoms with van der Waals surface area (Å²) in [5.41, 5.74) is 5.16. The molecule has 0 aliphatic carbocycles. The largest absolute Gasteiger partial charge is 0.489 e. The molecule has 4 heteroatoms. The average Bonchev–Trinajstić information content (AvgIpc) is 2.84. The lowest BCUT2D eigenvalue weighted by molar-refractivity contribution is -0.111. The number of anilines is 1. The average molecular weight is 421 g/mol. The molecule has 0 aliphatic heterocycles. The van der Waals surface area contributed by atoms with Crippen molar-refractivity contribution in [2.45, 2.75) is 13.0 Å². The van der Waals surface area contributed by atoms with Crippen LogP contribution in [0.2, 0.25) is 0 Å². The molecule has 1 N–H and O–H groups in total. The third-order valence-electron chi connectivity index (χ3n) is 4.91. The van der Waals surface area contributed by atoms with Crippen molar-refractivity contribution >= 4 is 17.7 Å². The summed E-state index contributed by atoms with van der Waals surface area (Å²) in [5.74, 6) is 0.587. The van der Waals surface area contributed by atoms with Crippen molar-refractivity contribution in [3.63, 3.8) is 0 Å². The summed E-state index contributed by atoms with van der Waals surface area (Å²) < 4.78 is 5.85. The number of nitrogens with zero attached hydrogens (tertiary/aromatic N) is 1. The van der Waals surface area contributed by atoms with Gasteiger partial charge in [-0.15, -0.1) is 0 Å². The second-order valence-electron chi connectivity index (χ2n) is 7.40. The number of nitrogens with one attached hydrogen (secondary N) is 1. The summed E-state index contributed by atoms with van der Waals surface area (Å²) in [5, 5.41) is 2.90. The number of rotatable bonds is 8. The monoisotopic (exact) mass is 420 g/mol. The Morgan fingerprint density at radius 2 is 1.56 bits per heavy atom. The first kappa shape index (κ1) is 21.1. The van der Waals surface area contributed by atoms with E-state index >= 15 is 0 Å². The van der Waals surface area contributed by atoms with Gasteiger partial charge in [0.25, 0.3) is 0 Å². The SMILES string of the molecule is O=C(/C=C/c1cccc(OCc2ccccc2)c1)Nc1ccc(Cc2ccncc2)cc1. The van der Waals surface area contributed by atoms with Crippen LogP contribution in [0.5, 0.6) is 5.75 Å². The van der Waals surface area contributed by atoms with E-state index in [4.69, 9.17) is 4.74 Å². The van der Waals surface area contributed by atoms with Gasteiger partial charge in [-0.1, -0.05) is 54.6 Å². The fourth-order valence-electron chi connectivity index (χ4n) is 3.25. The Morgan fingerprint density at radius 1 is 0.812 bits per heavy atom. The second-order valence-corrected chi connectivity index (χ2v) is 7.40. The zero-order chi connectivity index (χ0) is 22.0. The van der Waals surface area contributed by atoms with Gasteiger partial charge in [-0.2, -0.15) is 0 Å². The van der Waals surface area contributed by atoms with E-state index in [2.05, 4.69) is 10.3 Å². The number of amides is 1. The Bertz CT molecular complexity index is 1170. The first-order valence-electron chi connectivity index (χ1n) is 10.5. The highest BCUT2D eigenvalue weighted by atomic mass is 16.5. The Kier molecular flexibility index (Phi) is 7.06. The Balaban J connectivity index is 1.30. The van der Waals surface area contributed by atoms with Crippen molar-refractivity contribution in [3.05, 3.63) is 132 Å². The van der Waals surface area contributed by atoms with Crippen LogP contribution >= 0.6 is 0 Å². The fraction of sp³-hybridized carbons (Fsp3) is 0.0714. The third kappa shape index (κ3) is 6.41. The van der Waals surface area contributed by atoms with E-state index in [1.165, 1.54) is 17.2 Å². The molecule has 0 fully saturated rings. The predicted octanol–water partition coefficient (Wildman–Crippen LogP) is 5.90. The van der Waals surface area contributed by atoms with Gasteiger partial charge in [0.15, 0.2) is 0 Å². The molecule has 0 spiro atoms. The van der Waals surface area contributed by atoms with Gasteiger partial charge in [-0.05, 0) is 71.1 Å². The Labute approximate surface area is 188 Å². The highest BCUT2D eigenvalue weighted by Crippen LogP contribution is 2.17. The molecular formula is C28H24N2O2. The molecule has 0 unspecified atom stereocenters. The quantitative estimate of drug-likeness (QED) is 0.361. The Hall–Kier alpha value is -4.18. The van der Waals surface area contributed by atoms with Crippen molar-refractivity contribution in [1.29, 1.82) is 0 Å². The molecule has 0 aliphatic rings. The second kappa shape index (κ2) is 10.7. The van der Waals surface area contributed by atoms with Gasteiger partial charge in [0.05, 0.1) is 0 Å². The van der Waals surface area contributed by atoms with Gasteiger partial charge in [0.1, 0.15) is 12.4 Å². The molecule has 32 heavy (non-hydrogen) atoms. The van der Waals surface area contributed by atoms with Gasteiger partial charge in [0.2, 0.25) is 5.91 Å². The minimum absolute atomic E-state index is 0.178. The molecular weight excluding hydrogens is 396 g/mol. The van der Waals surface area contributed by atoms with Gasteiger partial charge < -0.3 is 10.1 Å². The number of ether oxygens (including phenoxy) is 1. The molecule has 0 saturated carbocycles. The van der Waals surface area contributed by atoms with Crippen LogP contribution in [0.4, 0.5) is 5.69 Å². The molecule has 0 atom stereocenters. The van der Waals surface area contributed by atoms with Crippen LogP contribution in [-0.4, -0.2) is 10.9 Å². The highest BCUT2D eigenvalue weighted by molar-refractivity contribution is 6.01. The van der Waals surface area contributed by atoms with E-state index in [-0.39, 0.29) is 5.91 Å². The number of carbonyl (C=O) groups excluding carboxylic acids is 1. The van der Waals surface area contributed by atoms with Crippen molar-refractivity contribution in [1.82, 2.24) is 4.98 Å². The molecule has 158 valence electrons. The van der Waals surface area contributed by atoms with Crippen LogP contribution in [0.1, 0.15) is 22.3 Å². The van der Waals surface area contributed by atoms with Crippen molar-refractivity contribution in [3.8, 4) is 5.75 Å². The molecule has 0 bridgehead atoms. The normalized spacial score (nSPS) is 10.8. The molecule has 1 amide bonds. The molecule has 4 nitrogen and oxygen atoms in total. The lowest BCUT2D eigenvalue weighted by atomic mass is 10.1. The smallest absolute Gasteiger partial charge is 0.248 e. The predicted molar refractivity (Wildman–Crippen MR) is 128 cm³/mol. The van der Waals surface area contributed by atoms with E-state index in [9.17, 15) is 4.79 Å². The lowest BCUT2D eigenvalue weighted by Crippen LogP contribution is -2.07. The van der Waals surface area contributed by atoms with E-state index in [0.717, 1.165) is 29.0 Å². The van der Waals surface area contributed by atoms with Crippen molar-refractivity contribution in [2.75, 3.05) is 5.32 Å². The molecule has 4 rings (SSSR count). The third-order valence-corrected chi connectivity index (χ3v) is 4.91. The summed E-state index contributed by atoms with van der Waals surface area (Å²) in [7, 11) is 0. The summed E-state index contributed by atoms with van der Waals surface area (Å²) in [4.78, 5) is 16.4. The standard InChI is InChI=1S/C28H24N2O2/c31-28(30-26-12-9-23(10-13-26)19-24-15-17-29-18-16-24)14-11-22-7-4-8-27(20-22)32-21-25-5-2-1-3-6-25/h1-18,20H,19,21H2,(H,30,31)/b14-11+. The van der Waals surface area contributed by atoms with E-state index in [0.29, 0.717) is 6.61 Å². The van der Waals surface area contributed by atoms with Gasteiger partial charge in [-0.25, -0.2) is 0 Å². The number of aromatic nitrogens is 1. The van der Waals surface area contributed by atoms with E-state index < -0.39 is 0 Å². The van der Waals surface area contributed by atoms with Crippen molar-refractivity contribution in [2.24, 2.45) is 0 Å². The molecule has 0 radical (unpaired) electrons. The van der Waals surface area contributed by atoms with Crippen LogP contribution in [0.15, 0.2) is 109 Å². The van der Waals surface area contributed by atoms with Crippen LogP contribution < -0.4 is 10.1 Å². The van der Waals surface area contributed by atoms with E-state index in [1.54, 1.807) is 18.5 Å². The summed E-state index contributed by atoms with van der Waals surface area (Å²) in [6, 6.07) is 29.6. The number of pyridine rings is 1. The number of hydrogen-bond acceptors (Lipinski definition) is 3. The number of carbonyl (C=O) groups is 1. The maximum atomic E-state index is 12.3. The summed E-state index contributed by atoms with van der Waals surface area (Å²) in [6.07, 6.45) is 7.73. The minimum Gasteiger partial charge on any atom is -0.489 e. The lowest BCUT2D eigenvalue weighted by Gasteiger charge is -2.07. The molecule has 0 saturated heterocycles. The number of benzene rings is 3. The molecule has 1 heterocycles. The van der Waals surface area contributed by atoms with Crippen LogP contribution in [0.3, 0.4) is 0 Å².